The van der Waals surface area contributed by atoms with E-state index in [0.29, 0.717) is 60.2 Å². The lowest BCUT2D eigenvalue weighted by molar-refractivity contribution is 0.0303. The second-order valence-electron chi connectivity index (χ2n) is 6.88. The van der Waals surface area contributed by atoms with Gasteiger partial charge in [0.05, 0.1) is 24.1 Å². The van der Waals surface area contributed by atoms with E-state index in [0.717, 1.165) is 5.56 Å². The van der Waals surface area contributed by atoms with Crippen LogP contribution in [-0.2, 0) is 17.0 Å². The predicted molar refractivity (Wildman–Crippen MR) is 117 cm³/mol. The zero-order valence-corrected chi connectivity index (χ0v) is 17.3. The van der Waals surface area contributed by atoms with E-state index in [4.69, 9.17) is 9.72 Å². The van der Waals surface area contributed by atoms with E-state index in [2.05, 4.69) is 11.6 Å². The molecular weight excluding hydrogens is 400 g/mol. The van der Waals surface area contributed by atoms with Crippen LogP contribution < -0.4 is 5.56 Å². The molecule has 8 heteroatoms. The number of hydrogen-bond donors (Lipinski definition) is 0. The summed E-state index contributed by atoms with van der Waals surface area (Å²) >= 11 is 1.48. The molecule has 7 nitrogen and oxygen atoms in total. The summed E-state index contributed by atoms with van der Waals surface area (Å²) in [5, 5.41) is 1.09. The van der Waals surface area contributed by atoms with Gasteiger partial charge in [0.1, 0.15) is 0 Å². The van der Waals surface area contributed by atoms with E-state index in [1.807, 2.05) is 12.1 Å². The maximum atomic E-state index is 13.1. The monoisotopic (exact) mass is 422 g/mol. The van der Waals surface area contributed by atoms with Crippen LogP contribution >= 0.6 is 11.8 Å². The van der Waals surface area contributed by atoms with Gasteiger partial charge in [-0.05, 0) is 35.9 Å². The molecule has 0 saturated carbocycles. The van der Waals surface area contributed by atoms with Crippen LogP contribution in [-0.4, -0.2) is 51.6 Å². The second kappa shape index (κ2) is 9.23. The highest BCUT2D eigenvalue weighted by Gasteiger charge is 2.20. The maximum Gasteiger partial charge on any atom is 0.262 e. The average molecular weight is 423 g/mol. The van der Waals surface area contributed by atoms with Crippen molar-refractivity contribution in [2.24, 2.45) is 0 Å². The SMILES string of the molecule is C=CCn1c(SCc2ccncc2)nc2cc(C(=O)N3CCOCC3)ccc2c1=O. The van der Waals surface area contributed by atoms with Crippen molar-refractivity contribution in [1.82, 2.24) is 19.4 Å². The number of aromatic nitrogens is 3. The Kier molecular flexibility index (Phi) is 6.25. The molecule has 0 spiro atoms. The van der Waals surface area contributed by atoms with Crippen LogP contribution in [0.2, 0.25) is 0 Å². The molecule has 3 aromatic rings. The Labute approximate surface area is 178 Å². The zero-order valence-electron chi connectivity index (χ0n) is 16.5. The van der Waals surface area contributed by atoms with E-state index in [1.54, 1.807) is 46.1 Å². The van der Waals surface area contributed by atoms with Crippen molar-refractivity contribution in [1.29, 1.82) is 0 Å². The number of nitrogens with zero attached hydrogens (tertiary/aromatic N) is 4. The number of pyridine rings is 1. The zero-order chi connectivity index (χ0) is 20.9. The number of morpholine rings is 1. The topological polar surface area (TPSA) is 77.3 Å². The molecule has 1 saturated heterocycles. The van der Waals surface area contributed by atoms with Gasteiger partial charge in [-0.1, -0.05) is 17.8 Å². The van der Waals surface area contributed by atoms with Crippen LogP contribution in [0.5, 0.6) is 0 Å². The van der Waals surface area contributed by atoms with Gasteiger partial charge in [-0.3, -0.25) is 19.1 Å². The molecule has 0 aliphatic carbocycles. The van der Waals surface area contributed by atoms with Gasteiger partial charge in [0, 0.05) is 43.3 Å². The first-order valence-corrected chi connectivity index (χ1v) is 10.7. The number of thioether (sulfide) groups is 1. The fraction of sp³-hybridized carbons (Fsp3) is 0.273. The number of hydrogen-bond acceptors (Lipinski definition) is 6. The molecule has 154 valence electrons. The Morgan fingerprint density at radius 3 is 2.70 bits per heavy atom. The Balaban J connectivity index is 1.70. The number of carbonyl (C=O) groups is 1. The minimum absolute atomic E-state index is 0.0664. The van der Waals surface area contributed by atoms with Gasteiger partial charge in [-0.25, -0.2) is 4.98 Å². The molecule has 1 aliphatic rings. The van der Waals surface area contributed by atoms with Crippen LogP contribution in [0.1, 0.15) is 15.9 Å². The van der Waals surface area contributed by atoms with E-state index in [1.165, 1.54) is 11.8 Å². The summed E-state index contributed by atoms with van der Waals surface area (Å²) < 4.78 is 6.94. The molecule has 0 radical (unpaired) electrons. The molecule has 1 amide bonds. The Hall–Kier alpha value is -2.97. The summed E-state index contributed by atoms with van der Waals surface area (Å²) in [6.45, 7) is 6.35. The van der Waals surface area contributed by atoms with Gasteiger partial charge in [0.2, 0.25) is 0 Å². The molecule has 0 atom stereocenters. The molecule has 4 rings (SSSR count). The summed E-state index contributed by atoms with van der Waals surface area (Å²) in [6.07, 6.45) is 5.16. The molecule has 0 unspecified atom stereocenters. The molecule has 1 aromatic carbocycles. The van der Waals surface area contributed by atoms with Gasteiger partial charge in [-0.2, -0.15) is 0 Å². The van der Waals surface area contributed by atoms with Crippen LogP contribution in [0.3, 0.4) is 0 Å². The number of amides is 1. The van der Waals surface area contributed by atoms with Gasteiger partial charge < -0.3 is 9.64 Å². The molecule has 2 aromatic heterocycles. The van der Waals surface area contributed by atoms with Gasteiger partial charge in [0.25, 0.3) is 11.5 Å². The first-order valence-electron chi connectivity index (χ1n) is 9.71. The minimum atomic E-state index is -0.137. The molecule has 0 bridgehead atoms. The quantitative estimate of drug-likeness (QED) is 0.345. The highest BCUT2D eigenvalue weighted by molar-refractivity contribution is 7.98. The highest BCUT2D eigenvalue weighted by Crippen LogP contribution is 2.23. The average Bonchev–Trinajstić information content (AvgIpc) is 2.80. The Bertz CT molecular complexity index is 1120. The van der Waals surface area contributed by atoms with Crippen molar-refractivity contribution in [3.63, 3.8) is 0 Å². The van der Waals surface area contributed by atoms with E-state index in [9.17, 15) is 9.59 Å². The van der Waals surface area contributed by atoms with Crippen LogP contribution in [0, 0.1) is 0 Å². The highest BCUT2D eigenvalue weighted by atomic mass is 32.2. The maximum absolute atomic E-state index is 13.1. The van der Waals surface area contributed by atoms with E-state index < -0.39 is 0 Å². The number of allylic oxidation sites excluding steroid dienone is 1. The smallest absolute Gasteiger partial charge is 0.262 e. The fourth-order valence-electron chi connectivity index (χ4n) is 3.31. The second-order valence-corrected chi connectivity index (χ2v) is 7.82. The van der Waals surface area contributed by atoms with Gasteiger partial charge >= 0.3 is 0 Å². The Morgan fingerprint density at radius 1 is 1.20 bits per heavy atom. The summed E-state index contributed by atoms with van der Waals surface area (Å²) in [5.41, 5.74) is 2.01. The van der Waals surface area contributed by atoms with Crippen LogP contribution in [0.15, 0.2) is 65.3 Å². The largest absolute Gasteiger partial charge is 0.378 e. The normalized spacial score (nSPS) is 14.1. The molecule has 1 fully saturated rings. The van der Waals surface area contributed by atoms with Crippen LogP contribution in [0.25, 0.3) is 10.9 Å². The third-order valence-electron chi connectivity index (χ3n) is 4.89. The van der Waals surface area contributed by atoms with Crippen molar-refractivity contribution >= 4 is 28.6 Å². The first-order chi connectivity index (χ1) is 14.7. The molecule has 3 heterocycles. The standard InChI is InChI=1S/C22H22N4O3S/c1-2-9-26-21(28)18-4-3-17(20(27)25-10-12-29-13-11-25)14-19(18)24-22(26)30-15-16-5-7-23-8-6-16/h2-8,14H,1,9-13,15H2. The van der Waals surface area contributed by atoms with Crippen molar-refractivity contribution in [3.8, 4) is 0 Å². The van der Waals surface area contributed by atoms with Crippen molar-refractivity contribution in [3.05, 3.63) is 76.9 Å². The Morgan fingerprint density at radius 2 is 1.97 bits per heavy atom. The third kappa shape index (κ3) is 4.29. The lowest BCUT2D eigenvalue weighted by atomic mass is 10.1. The van der Waals surface area contributed by atoms with Crippen molar-refractivity contribution in [2.45, 2.75) is 17.5 Å². The van der Waals surface area contributed by atoms with Gasteiger partial charge in [0.15, 0.2) is 5.16 Å². The summed E-state index contributed by atoms with van der Waals surface area (Å²) in [5.74, 6) is 0.590. The first kappa shape index (κ1) is 20.3. The summed E-state index contributed by atoms with van der Waals surface area (Å²) in [4.78, 5) is 36.4. The lowest BCUT2D eigenvalue weighted by Crippen LogP contribution is -2.40. The van der Waals surface area contributed by atoms with Gasteiger partial charge in [-0.15, -0.1) is 6.58 Å². The predicted octanol–water partition coefficient (Wildman–Crippen LogP) is 2.74. The molecule has 1 aliphatic heterocycles. The van der Waals surface area contributed by atoms with Crippen LogP contribution in [0.4, 0.5) is 0 Å². The van der Waals surface area contributed by atoms with E-state index >= 15 is 0 Å². The summed E-state index contributed by atoms with van der Waals surface area (Å²) in [7, 11) is 0. The van der Waals surface area contributed by atoms with Crippen molar-refractivity contribution in [2.75, 3.05) is 26.3 Å². The lowest BCUT2D eigenvalue weighted by Gasteiger charge is -2.26. The number of benzene rings is 1. The number of carbonyl (C=O) groups excluding carboxylic acids is 1. The number of fused-ring (bicyclic) bond motifs is 1. The molecular formula is C22H22N4O3S. The number of ether oxygens (including phenoxy) is 1. The minimum Gasteiger partial charge on any atom is -0.378 e. The third-order valence-corrected chi connectivity index (χ3v) is 5.94. The fourth-order valence-corrected chi connectivity index (χ4v) is 4.27. The van der Waals surface area contributed by atoms with E-state index in [-0.39, 0.29) is 11.5 Å². The number of rotatable bonds is 6. The molecule has 30 heavy (non-hydrogen) atoms. The molecule has 0 N–H and O–H groups in total. The van der Waals surface area contributed by atoms with Crippen molar-refractivity contribution < 1.29 is 9.53 Å². The summed E-state index contributed by atoms with van der Waals surface area (Å²) in [6, 6.07) is 8.97.